The molecule has 0 aliphatic carbocycles. The van der Waals surface area contributed by atoms with E-state index in [0.717, 1.165) is 10.3 Å². The lowest BCUT2D eigenvalue weighted by Gasteiger charge is -2.11. The van der Waals surface area contributed by atoms with Crippen molar-refractivity contribution in [3.63, 3.8) is 0 Å². The molecule has 4 rings (SSSR count). The number of benzene rings is 3. The van der Waals surface area contributed by atoms with E-state index in [1.807, 2.05) is 12.1 Å². The number of nitrogens with one attached hydrogen (secondary N) is 1. The smallest absolute Gasteiger partial charge is 0.316 e. The molecule has 4 aromatic rings. The van der Waals surface area contributed by atoms with Gasteiger partial charge in [0.25, 0.3) is 0 Å². The number of amides is 2. The van der Waals surface area contributed by atoms with Crippen LogP contribution in [0.4, 0.5) is 20.0 Å². The predicted octanol–water partition coefficient (Wildman–Crippen LogP) is 5.42. The van der Waals surface area contributed by atoms with Crippen molar-refractivity contribution < 1.29 is 9.18 Å². The van der Waals surface area contributed by atoms with Gasteiger partial charge in [-0.25, -0.2) is 14.2 Å². The predicted molar refractivity (Wildman–Crippen MR) is 117 cm³/mol. The van der Waals surface area contributed by atoms with Gasteiger partial charge in [-0.2, -0.15) is 0 Å². The third kappa shape index (κ3) is 4.01. The molecule has 0 aliphatic heterocycles. The van der Waals surface area contributed by atoms with Gasteiger partial charge in [-0.15, -0.1) is 0 Å². The summed E-state index contributed by atoms with van der Waals surface area (Å²) < 4.78 is 16.4. The molecule has 146 valence electrons. The van der Waals surface area contributed by atoms with E-state index in [4.69, 9.17) is 23.1 Å². The summed E-state index contributed by atoms with van der Waals surface area (Å²) in [5, 5.41) is 3.39. The summed E-state index contributed by atoms with van der Waals surface area (Å²) in [4.78, 5) is 15.3. The Bertz CT molecular complexity index is 1220. The molecular weight excluding hydrogens is 411 g/mol. The molecule has 0 radical (unpaired) electrons. The fraction of sp³-hybridized carbons (Fsp3) is 0.0476. The van der Waals surface area contributed by atoms with Gasteiger partial charge in [0.05, 0.1) is 10.2 Å². The van der Waals surface area contributed by atoms with Crippen LogP contribution in [0.1, 0.15) is 11.1 Å². The zero-order valence-electron chi connectivity index (χ0n) is 15.1. The van der Waals surface area contributed by atoms with Crippen molar-refractivity contribution in [2.45, 2.75) is 6.42 Å². The maximum Gasteiger partial charge on any atom is 0.316 e. The van der Waals surface area contributed by atoms with Crippen LogP contribution in [0.2, 0.25) is 5.02 Å². The number of urea groups is 1. The number of fused-ring (bicyclic) bond motifs is 1. The number of aromatic nitrogens is 1. The first-order valence-electron chi connectivity index (χ1n) is 8.69. The van der Waals surface area contributed by atoms with E-state index >= 15 is 4.39 Å². The lowest BCUT2D eigenvalue weighted by Crippen LogP contribution is -2.19. The van der Waals surface area contributed by atoms with Crippen molar-refractivity contribution >= 4 is 50.0 Å². The highest BCUT2D eigenvalue weighted by atomic mass is 35.5. The zero-order valence-corrected chi connectivity index (χ0v) is 16.7. The van der Waals surface area contributed by atoms with Crippen molar-refractivity contribution in [3.8, 4) is 11.1 Å². The zero-order chi connectivity index (χ0) is 20.5. The van der Waals surface area contributed by atoms with Crippen LogP contribution in [-0.2, 0) is 6.42 Å². The number of nitrogens with two attached hydrogens (primary N) is 2. The highest BCUT2D eigenvalue weighted by Gasteiger charge is 2.19. The monoisotopic (exact) mass is 426 g/mol. The van der Waals surface area contributed by atoms with Crippen LogP contribution in [0, 0.1) is 5.82 Å². The number of rotatable bonds is 4. The molecule has 0 unspecified atom stereocenters. The molecule has 0 aliphatic rings. The van der Waals surface area contributed by atoms with Crippen LogP contribution >= 0.6 is 22.9 Å². The first-order valence-corrected chi connectivity index (χ1v) is 9.89. The Balaban J connectivity index is 1.79. The van der Waals surface area contributed by atoms with Crippen molar-refractivity contribution in [3.05, 3.63) is 76.6 Å². The molecule has 5 nitrogen and oxygen atoms in total. The highest BCUT2D eigenvalue weighted by molar-refractivity contribution is 7.22. The number of primary amides is 1. The van der Waals surface area contributed by atoms with Gasteiger partial charge in [0.1, 0.15) is 5.82 Å². The largest absolute Gasteiger partial charge is 0.375 e. The molecule has 0 saturated carbocycles. The van der Waals surface area contributed by atoms with Gasteiger partial charge in [-0.1, -0.05) is 47.2 Å². The Hall–Kier alpha value is -3.16. The average Bonchev–Trinajstić information content (AvgIpc) is 3.03. The van der Waals surface area contributed by atoms with E-state index in [1.165, 1.54) is 11.3 Å². The van der Waals surface area contributed by atoms with Crippen LogP contribution in [0.15, 0.2) is 54.6 Å². The summed E-state index contributed by atoms with van der Waals surface area (Å²) in [5.74, 6) is -0.357. The van der Waals surface area contributed by atoms with E-state index in [-0.39, 0.29) is 5.82 Å². The van der Waals surface area contributed by atoms with Gasteiger partial charge in [0.2, 0.25) is 0 Å². The van der Waals surface area contributed by atoms with Gasteiger partial charge in [0, 0.05) is 22.7 Å². The minimum Gasteiger partial charge on any atom is -0.375 e. The molecule has 1 heterocycles. The quantitative estimate of drug-likeness (QED) is 0.406. The van der Waals surface area contributed by atoms with Crippen LogP contribution in [0.3, 0.4) is 0 Å². The molecule has 8 heteroatoms. The van der Waals surface area contributed by atoms with E-state index in [9.17, 15) is 4.79 Å². The molecule has 0 fully saturated rings. The van der Waals surface area contributed by atoms with Crippen LogP contribution < -0.4 is 16.8 Å². The molecule has 5 N–H and O–H groups in total. The molecule has 0 atom stereocenters. The second kappa shape index (κ2) is 7.69. The summed E-state index contributed by atoms with van der Waals surface area (Å²) in [5.41, 5.74) is 14.5. The summed E-state index contributed by atoms with van der Waals surface area (Å²) in [6.45, 7) is 0. The minimum absolute atomic E-state index is 0.357. The van der Waals surface area contributed by atoms with Gasteiger partial charge < -0.3 is 16.8 Å². The number of carbonyl (C=O) groups is 1. The number of halogens is 2. The topological polar surface area (TPSA) is 94.0 Å². The van der Waals surface area contributed by atoms with E-state index < -0.39 is 6.03 Å². The standard InChI is InChI=1S/C21H16ClFN4OS/c22-14-3-1-2-12(9-14)17-18(23)13(10-16-19(17)27-21(25)29-16)8-11-4-6-15(7-5-11)26-20(24)28/h1-7,9-10H,8H2,(H2,25,27)(H3,24,26,28). The molecular formula is C21H16ClFN4OS. The number of hydrogen-bond acceptors (Lipinski definition) is 4. The number of anilines is 2. The Morgan fingerprint density at radius 2 is 1.93 bits per heavy atom. The van der Waals surface area contributed by atoms with Gasteiger partial charge in [0.15, 0.2) is 5.13 Å². The molecule has 0 bridgehead atoms. The van der Waals surface area contributed by atoms with E-state index in [2.05, 4.69) is 10.3 Å². The van der Waals surface area contributed by atoms with Crippen LogP contribution in [-0.4, -0.2) is 11.0 Å². The van der Waals surface area contributed by atoms with Gasteiger partial charge >= 0.3 is 6.03 Å². The number of carbonyl (C=O) groups excluding carboxylic acids is 1. The maximum atomic E-state index is 15.6. The second-order valence-corrected chi connectivity index (χ2v) is 8.00. The number of thiazole rings is 1. The molecule has 3 aromatic carbocycles. The Kier molecular flexibility index (Phi) is 5.08. The highest BCUT2D eigenvalue weighted by Crippen LogP contribution is 2.38. The number of hydrogen-bond donors (Lipinski definition) is 3. The average molecular weight is 427 g/mol. The normalized spacial score (nSPS) is 11.0. The summed E-state index contributed by atoms with van der Waals surface area (Å²) in [6, 6.07) is 15.2. The van der Waals surface area contributed by atoms with E-state index in [1.54, 1.807) is 42.5 Å². The SMILES string of the molecule is NC(=O)Nc1ccc(Cc2cc3sc(N)nc3c(-c3cccc(Cl)c3)c2F)cc1. The Labute approximate surface area is 175 Å². The molecule has 29 heavy (non-hydrogen) atoms. The Morgan fingerprint density at radius 3 is 2.62 bits per heavy atom. The fourth-order valence-corrected chi connectivity index (χ4v) is 4.21. The van der Waals surface area contributed by atoms with Gasteiger partial charge in [-0.05, 0) is 47.0 Å². The van der Waals surface area contributed by atoms with Crippen molar-refractivity contribution in [1.82, 2.24) is 4.98 Å². The summed E-state index contributed by atoms with van der Waals surface area (Å²) in [6.07, 6.45) is 0.365. The van der Waals surface area contributed by atoms with Crippen molar-refractivity contribution in [1.29, 1.82) is 0 Å². The van der Waals surface area contributed by atoms with E-state index in [0.29, 0.717) is 44.5 Å². The molecule has 2 amide bonds. The molecule has 0 saturated heterocycles. The van der Waals surface area contributed by atoms with Crippen molar-refractivity contribution in [2.24, 2.45) is 5.73 Å². The Morgan fingerprint density at radius 1 is 1.17 bits per heavy atom. The van der Waals surface area contributed by atoms with Crippen LogP contribution in [0.5, 0.6) is 0 Å². The summed E-state index contributed by atoms with van der Waals surface area (Å²) >= 11 is 7.43. The third-order valence-electron chi connectivity index (χ3n) is 4.44. The molecule has 0 spiro atoms. The maximum absolute atomic E-state index is 15.6. The van der Waals surface area contributed by atoms with Crippen LogP contribution in [0.25, 0.3) is 21.3 Å². The lowest BCUT2D eigenvalue weighted by atomic mass is 9.97. The lowest BCUT2D eigenvalue weighted by molar-refractivity contribution is 0.259. The van der Waals surface area contributed by atoms with Crippen molar-refractivity contribution in [2.75, 3.05) is 11.1 Å². The fourth-order valence-electron chi connectivity index (χ4n) is 3.22. The summed E-state index contributed by atoms with van der Waals surface area (Å²) in [7, 11) is 0. The number of nitrogen functional groups attached to an aromatic ring is 1. The minimum atomic E-state index is -0.636. The first-order chi connectivity index (χ1) is 13.9. The third-order valence-corrected chi connectivity index (χ3v) is 5.51. The molecule has 1 aromatic heterocycles. The number of nitrogens with zero attached hydrogens (tertiary/aromatic N) is 1. The first kappa shape index (κ1) is 19.2. The van der Waals surface area contributed by atoms with Gasteiger partial charge in [-0.3, -0.25) is 0 Å². The second-order valence-electron chi connectivity index (χ2n) is 6.50.